The summed E-state index contributed by atoms with van der Waals surface area (Å²) in [7, 11) is 1.60. The van der Waals surface area contributed by atoms with Gasteiger partial charge in [0, 0.05) is 11.4 Å². The molecule has 0 heterocycles. The zero-order chi connectivity index (χ0) is 20.7. The molecule has 150 valence electrons. The van der Waals surface area contributed by atoms with Crippen LogP contribution in [0.2, 0.25) is 0 Å². The van der Waals surface area contributed by atoms with Crippen LogP contribution in [0.15, 0.2) is 36.4 Å². The third-order valence-electron chi connectivity index (χ3n) is 4.64. The van der Waals surface area contributed by atoms with Crippen molar-refractivity contribution in [2.45, 2.75) is 27.7 Å². The first-order chi connectivity index (χ1) is 13.3. The SMILES string of the molecule is CC[NH+](CC(=O)Nc1ccc(OC)cc1)CC(=O)Nc1c(C)cc(C)cc1C. The summed E-state index contributed by atoms with van der Waals surface area (Å²) < 4.78 is 5.11. The maximum absolute atomic E-state index is 12.5. The van der Waals surface area contributed by atoms with Gasteiger partial charge in [-0.3, -0.25) is 9.59 Å². The third-order valence-corrected chi connectivity index (χ3v) is 4.64. The molecular weight excluding hydrogens is 354 g/mol. The number of amides is 2. The second-order valence-corrected chi connectivity index (χ2v) is 7.06. The van der Waals surface area contributed by atoms with Gasteiger partial charge < -0.3 is 20.3 Å². The molecule has 2 rings (SSSR count). The lowest BCUT2D eigenvalue weighted by atomic mass is 10.1. The number of nitrogens with one attached hydrogen (secondary N) is 3. The molecule has 6 heteroatoms. The molecule has 0 radical (unpaired) electrons. The number of carbonyl (C=O) groups is 2. The van der Waals surface area contributed by atoms with Crippen LogP contribution in [0.4, 0.5) is 11.4 Å². The van der Waals surface area contributed by atoms with Crippen LogP contribution in [0.25, 0.3) is 0 Å². The summed E-state index contributed by atoms with van der Waals surface area (Å²) in [6.45, 7) is 9.11. The van der Waals surface area contributed by atoms with Crippen molar-refractivity contribution in [1.82, 2.24) is 0 Å². The molecule has 1 atom stereocenters. The van der Waals surface area contributed by atoms with Crippen molar-refractivity contribution in [2.24, 2.45) is 0 Å². The molecule has 0 saturated carbocycles. The van der Waals surface area contributed by atoms with E-state index in [2.05, 4.69) is 22.8 Å². The fourth-order valence-electron chi connectivity index (χ4n) is 3.21. The maximum atomic E-state index is 12.5. The number of methoxy groups -OCH3 is 1. The number of hydrogen-bond donors (Lipinski definition) is 3. The Morgan fingerprint density at radius 2 is 1.46 bits per heavy atom. The van der Waals surface area contributed by atoms with Crippen molar-refractivity contribution in [3.8, 4) is 5.75 Å². The summed E-state index contributed by atoms with van der Waals surface area (Å²) in [4.78, 5) is 25.7. The Labute approximate surface area is 166 Å². The highest BCUT2D eigenvalue weighted by Gasteiger charge is 2.18. The number of ether oxygens (including phenoxy) is 1. The second kappa shape index (κ2) is 9.90. The van der Waals surface area contributed by atoms with E-state index in [1.807, 2.05) is 27.7 Å². The van der Waals surface area contributed by atoms with Crippen molar-refractivity contribution >= 4 is 23.2 Å². The fraction of sp³-hybridized carbons (Fsp3) is 0.364. The van der Waals surface area contributed by atoms with E-state index in [1.165, 1.54) is 5.56 Å². The molecule has 1 unspecified atom stereocenters. The average molecular weight is 385 g/mol. The number of anilines is 2. The Morgan fingerprint density at radius 3 is 1.96 bits per heavy atom. The predicted molar refractivity (Wildman–Crippen MR) is 112 cm³/mol. The van der Waals surface area contributed by atoms with Crippen LogP contribution in [-0.2, 0) is 9.59 Å². The lowest BCUT2D eigenvalue weighted by molar-refractivity contribution is -0.881. The monoisotopic (exact) mass is 384 g/mol. The van der Waals surface area contributed by atoms with Gasteiger partial charge in [0.05, 0.1) is 13.7 Å². The van der Waals surface area contributed by atoms with Crippen molar-refractivity contribution < 1.29 is 19.2 Å². The molecule has 0 spiro atoms. The molecule has 0 bridgehead atoms. The number of likely N-dealkylation sites (N-methyl/N-ethyl adjacent to an activating group) is 1. The van der Waals surface area contributed by atoms with Crippen LogP contribution >= 0.6 is 0 Å². The average Bonchev–Trinajstić information content (AvgIpc) is 2.64. The number of quaternary nitrogens is 1. The van der Waals surface area contributed by atoms with Crippen LogP contribution in [0, 0.1) is 20.8 Å². The summed E-state index contributed by atoms with van der Waals surface area (Å²) in [6, 6.07) is 11.3. The minimum atomic E-state index is -0.127. The van der Waals surface area contributed by atoms with Crippen molar-refractivity contribution in [3.05, 3.63) is 53.1 Å². The summed E-state index contributed by atoms with van der Waals surface area (Å²) in [6.07, 6.45) is 0. The summed E-state index contributed by atoms with van der Waals surface area (Å²) in [5.41, 5.74) is 4.82. The topological polar surface area (TPSA) is 71.9 Å². The van der Waals surface area contributed by atoms with E-state index in [-0.39, 0.29) is 24.9 Å². The Balaban J connectivity index is 1.92. The standard InChI is InChI=1S/C22H29N3O3/c1-6-25(13-20(26)23-18-7-9-19(28-5)10-8-18)14-21(27)24-22-16(3)11-15(2)12-17(22)4/h7-12H,6,13-14H2,1-5H3,(H,23,26)(H,24,27)/p+1. The normalized spacial score (nSPS) is 11.6. The highest BCUT2D eigenvalue weighted by Crippen LogP contribution is 2.21. The number of hydrogen-bond acceptors (Lipinski definition) is 3. The van der Waals surface area contributed by atoms with E-state index >= 15 is 0 Å². The van der Waals surface area contributed by atoms with Gasteiger partial charge in [0.25, 0.3) is 11.8 Å². The Morgan fingerprint density at radius 1 is 0.929 bits per heavy atom. The van der Waals surface area contributed by atoms with Crippen molar-refractivity contribution in [3.63, 3.8) is 0 Å². The lowest BCUT2D eigenvalue weighted by Gasteiger charge is -2.18. The van der Waals surface area contributed by atoms with Gasteiger partial charge in [0.2, 0.25) is 0 Å². The molecule has 0 aliphatic heterocycles. The van der Waals surface area contributed by atoms with Gasteiger partial charge in [-0.1, -0.05) is 17.7 Å². The molecule has 3 N–H and O–H groups in total. The number of benzene rings is 2. The van der Waals surface area contributed by atoms with E-state index in [1.54, 1.807) is 31.4 Å². The third kappa shape index (κ3) is 6.09. The number of rotatable bonds is 8. The van der Waals surface area contributed by atoms with Gasteiger partial charge in [0.15, 0.2) is 13.1 Å². The largest absolute Gasteiger partial charge is 0.497 e. The first-order valence-electron chi connectivity index (χ1n) is 9.47. The summed E-state index contributed by atoms with van der Waals surface area (Å²) >= 11 is 0. The van der Waals surface area contributed by atoms with Gasteiger partial charge in [0.1, 0.15) is 5.75 Å². The van der Waals surface area contributed by atoms with Gasteiger partial charge in [-0.2, -0.15) is 0 Å². The van der Waals surface area contributed by atoms with E-state index in [0.29, 0.717) is 12.2 Å². The first-order valence-corrected chi connectivity index (χ1v) is 9.47. The van der Waals surface area contributed by atoms with E-state index in [9.17, 15) is 9.59 Å². The predicted octanol–water partition coefficient (Wildman–Crippen LogP) is 2.10. The maximum Gasteiger partial charge on any atom is 0.279 e. The zero-order valence-electron chi connectivity index (χ0n) is 17.3. The van der Waals surface area contributed by atoms with Gasteiger partial charge in [-0.15, -0.1) is 0 Å². The number of aryl methyl sites for hydroxylation is 3. The van der Waals surface area contributed by atoms with E-state index < -0.39 is 0 Å². The molecule has 28 heavy (non-hydrogen) atoms. The molecule has 0 aliphatic rings. The van der Waals surface area contributed by atoms with Gasteiger partial charge in [-0.25, -0.2) is 0 Å². The molecule has 6 nitrogen and oxygen atoms in total. The molecule has 2 amide bonds. The summed E-state index contributed by atoms with van der Waals surface area (Å²) in [5.74, 6) is 0.513. The van der Waals surface area contributed by atoms with Crippen molar-refractivity contribution in [2.75, 3.05) is 37.4 Å². The molecule has 0 saturated heterocycles. The van der Waals surface area contributed by atoms with Crippen LogP contribution in [0.5, 0.6) is 5.75 Å². The Bertz CT molecular complexity index is 808. The minimum absolute atomic E-state index is 0.0934. The quantitative estimate of drug-likeness (QED) is 0.653. The lowest BCUT2D eigenvalue weighted by Crippen LogP contribution is -3.13. The fourth-order valence-corrected chi connectivity index (χ4v) is 3.21. The smallest absolute Gasteiger partial charge is 0.279 e. The van der Waals surface area contributed by atoms with Crippen LogP contribution in [0.1, 0.15) is 23.6 Å². The highest BCUT2D eigenvalue weighted by molar-refractivity contribution is 5.94. The van der Waals surface area contributed by atoms with E-state index in [4.69, 9.17) is 4.74 Å². The Hall–Kier alpha value is -2.86. The minimum Gasteiger partial charge on any atom is -0.497 e. The molecular formula is C22H30N3O3+. The van der Waals surface area contributed by atoms with Crippen LogP contribution < -0.4 is 20.3 Å². The Kier molecular flexibility index (Phi) is 7.58. The molecule has 0 fully saturated rings. The van der Waals surface area contributed by atoms with Gasteiger partial charge >= 0.3 is 0 Å². The molecule has 0 aliphatic carbocycles. The molecule has 2 aromatic carbocycles. The first kappa shape index (κ1) is 21.4. The van der Waals surface area contributed by atoms with Crippen molar-refractivity contribution in [1.29, 1.82) is 0 Å². The molecule has 2 aromatic rings. The second-order valence-electron chi connectivity index (χ2n) is 7.06. The highest BCUT2D eigenvalue weighted by atomic mass is 16.5. The van der Waals surface area contributed by atoms with Gasteiger partial charge in [-0.05, 0) is 63.1 Å². The molecule has 0 aromatic heterocycles. The van der Waals surface area contributed by atoms with E-state index in [0.717, 1.165) is 27.5 Å². The summed E-state index contributed by atoms with van der Waals surface area (Å²) in [5, 5.41) is 5.86. The van der Waals surface area contributed by atoms with Crippen LogP contribution in [-0.4, -0.2) is 38.6 Å². The number of carbonyl (C=O) groups excluding carboxylic acids is 2. The van der Waals surface area contributed by atoms with Crippen LogP contribution in [0.3, 0.4) is 0 Å². The zero-order valence-corrected chi connectivity index (χ0v) is 17.3.